The van der Waals surface area contributed by atoms with Gasteiger partial charge >= 0.3 is 80.3 Å². The molecule has 0 saturated carbocycles. The first-order valence-electron chi connectivity index (χ1n) is 3.74. The molecule has 1 unspecified atom stereocenters. The zero-order chi connectivity index (χ0) is 9.68. The third-order valence-electron chi connectivity index (χ3n) is 1.41. The van der Waals surface area contributed by atoms with Crippen LogP contribution in [0.15, 0.2) is 24.3 Å². The molecule has 0 bridgehead atoms. The van der Waals surface area contributed by atoms with Crippen molar-refractivity contribution in [3.8, 4) is 5.75 Å². The quantitative estimate of drug-likeness (QED) is 0.603. The van der Waals surface area contributed by atoms with Crippen LogP contribution in [-0.2, 0) is 3.83 Å². The van der Waals surface area contributed by atoms with Crippen molar-refractivity contribution in [2.45, 2.75) is 5.32 Å². The summed E-state index contributed by atoms with van der Waals surface area (Å²) in [5, 5.41) is 0.213. The van der Waals surface area contributed by atoms with Crippen LogP contribution in [-0.4, -0.2) is 25.0 Å². The Morgan fingerprint density at radius 2 is 2.00 bits per heavy atom. The molecule has 0 saturated heterocycles. The van der Waals surface area contributed by atoms with E-state index in [2.05, 4.69) is 0 Å². The Labute approximate surface area is 80.7 Å². The summed E-state index contributed by atoms with van der Waals surface area (Å²) in [6.45, 7) is 0.272. The Balaban J connectivity index is 2.37. The van der Waals surface area contributed by atoms with E-state index in [9.17, 15) is 3.83 Å². The molecule has 0 aliphatic carbocycles. The minimum absolute atomic E-state index is 0.213. The van der Waals surface area contributed by atoms with Gasteiger partial charge in [0.25, 0.3) is 0 Å². The number of nitrogen functional groups attached to an aromatic ring is 1. The molecule has 13 heavy (non-hydrogen) atoms. The van der Waals surface area contributed by atoms with Gasteiger partial charge in [-0.2, -0.15) is 0 Å². The first-order chi connectivity index (χ1) is 6.18. The third kappa shape index (κ3) is 4.03. The number of nitrogens with two attached hydrogens (primary N) is 1. The maximum atomic E-state index is 10.4. The summed E-state index contributed by atoms with van der Waals surface area (Å²) in [4.78, 5) is 0. The van der Waals surface area contributed by atoms with Crippen LogP contribution in [0.3, 0.4) is 0 Å². The van der Waals surface area contributed by atoms with Gasteiger partial charge < -0.3 is 0 Å². The van der Waals surface area contributed by atoms with Crippen molar-refractivity contribution in [2.24, 2.45) is 0 Å². The van der Waals surface area contributed by atoms with Crippen LogP contribution in [0.1, 0.15) is 0 Å². The summed E-state index contributed by atoms with van der Waals surface area (Å²) in [5.74, 6) is 0.668. The van der Waals surface area contributed by atoms with E-state index in [0.29, 0.717) is 11.4 Å². The minimum atomic E-state index is -2.61. The van der Waals surface area contributed by atoms with E-state index in [-0.39, 0.29) is 11.9 Å². The van der Waals surface area contributed by atoms with Gasteiger partial charge in [0, 0.05) is 0 Å². The summed E-state index contributed by atoms with van der Waals surface area (Å²) in [5.41, 5.74) is 6.14. The second kappa shape index (κ2) is 4.97. The van der Waals surface area contributed by atoms with Gasteiger partial charge in [-0.25, -0.2) is 0 Å². The van der Waals surface area contributed by atoms with Crippen molar-refractivity contribution in [3.05, 3.63) is 24.3 Å². The van der Waals surface area contributed by atoms with Gasteiger partial charge in [0.15, 0.2) is 0 Å². The molecule has 0 amide bonds. The number of ether oxygens (including phenoxy) is 1. The van der Waals surface area contributed by atoms with Crippen LogP contribution in [0.2, 0.25) is 5.32 Å². The predicted molar refractivity (Wildman–Crippen MR) is 49.8 cm³/mol. The fraction of sp³-hybridized carbons (Fsp3) is 0.250. The molecule has 0 radical (unpaired) electrons. The molecule has 72 valence electrons. The Hall–Kier alpha value is -0.901. The van der Waals surface area contributed by atoms with Crippen molar-refractivity contribution in [2.75, 3.05) is 12.3 Å². The van der Waals surface area contributed by atoms with Gasteiger partial charge in [-0.1, -0.05) is 0 Å². The average molecular weight is 248 g/mol. The normalized spacial score (nSPS) is 12.4. The molecule has 3 N–H and O–H groups in total. The number of hydrogen-bond donors (Lipinski definition) is 2. The van der Waals surface area contributed by atoms with Crippen LogP contribution in [0.25, 0.3) is 0 Å². The molecular weight excluding hydrogens is 237 g/mol. The Morgan fingerprint density at radius 1 is 1.38 bits per heavy atom. The molecule has 0 aromatic heterocycles. The maximum absolute atomic E-state index is 10.4. The molecule has 1 aromatic rings. The molecular formula is C8H11NO3Se. The number of hydrogen-bond acceptors (Lipinski definition) is 3. The summed E-state index contributed by atoms with van der Waals surface area (Å²) in [6.07, 6.45) is 0. The van der Waals surface area contributed by atoms with Gasteiger partial charge in [-0.3, -0.25) is 0 Å². The molecule has 4 nitrogen and oxygen atoms in total. The topological polar surface area (TPSA) is 72.5 Å². The summed E-state index contributed by atoms with van der Waals surface area (Å²) in [6, 6.07) is 6.90. The molecule has 0 spiro atoms. The van der Waals surface area contributed by atoms with Crippen LogP contribution < -0.4 is 10.5 Å². The standard InChI is InChI=1S/C8H11NO3Se/c9-7-1-3-8(4-2-7)12-5-6-13(10)11/h1-4H,5-6,9H2,(H,10,11). The van der Waals surface area contributed by atoms with E-state index in [1.54, 1.807) is 24.3 Å². The fourth-order valence-electron chi connectivity index (χ4n) is 0.795. The van der Waals surface area contributed by atoms with E-state index >= 15 is 0 Å². The third-order valence-corrected chi connectivity index (χ3v) is 2.49. The monoisotopic (exact) mass is 249 g/mol. The van der Waals surface area contributed by atoms with E-state index in [0.717, 1.165) is 0 Å². The van der Waals surface area contributed by atoms with Gasteiger partial charge in [0.2, 0.25) is 0 Å². The predicted octanol–water partition coefficient (Wildman–Crippen LogP) is 0.559. The number of rotatable bonds is 4. The SMILES string of the molecule is Nc1ccc(OCC[Se](=O)O)cc1. The van der Waals surface area contributed by atoms with Crippen molar-refractivity contribution < 1.29 is 12.8 Å². The Morgan fingerprint density at radius 3 is 2.54 bits per heavy atom. The number of anilines is 1. The van der Waals surface area contributed by atoms with E-state index < -0.39 is 14.2 Å². The molecule has 5 heteroatoms. The first kappa shape index (κ1) is 10.2. The number of benzene rings is 1. The Kier molecular flexibility index (Phi) is 3.89. The zero-order valence-corrected chi connectivity index (χ0v) is 8.69. The van der Waals surface area contributed by atoms with E-state index in [4.69, 9.17) is 14.7 Å². The van der Waals surface area contributed by atoms with Crippen LogP contribution in [0, 0.1) is 0 Å². The zero-order valence-electron chi connectivity index (χ0n) is 6.97. The van der Waals surface area contributed by atoms with Crippen LogP contribution >= 0.6 is 0 Å². The molecule has 0 aliphatic rings. The van der Waals surface area contributed by atoms with Gasteiger partial charge in [0.1, 0.15) is 0 Å². The van der Waals surface area contributed by atoms with Crippen LogP contribution in [0.4, 0.5) is 5.69 Å². The fourth-order valence-corrected chi connectivity index (χ4v) is 1.27. The molecule has 1 rings (SSSR count). The average Bonchev–Trinajstić information content (AvgIpc) is 2.08. The van der Waals surface area contributed by atoms with Crippen molar-refractivity contribution in [1.29, 1.82) is 0 Å². The summed E-state index contributed by atoms with van der Waals surface area (Å²) < 4.78 is 24.1. The van der Waals surface area contributed by atoms with Crippen LogP contribution in [0.5, 0.6) is 5.75 Å². The first-order valence-corrected chi connectivity index (χ1v) is 6.42. The molecule has 0 fully saturated rings. The Bertz CT molecular complexity index is 286. The van der Waals surface area contributed by atoms with Crippen molar-refractivity contribution >= 4 is 19.8 Å². The van der Waals surface area contributed by atoms with E-state index in [1.165, 1.54) is 0 Å². The van der Waals surface area contributed by atoms with Gasteiger partial charge in [-0.05, 0) is 0 Å². The summed E-state index contributed by atoms with van der Waals surface area (Å²) >= 11 is -2.61. The summed E-state index contributed by atoms with van der Waals surface area (Å²) in [7, 11) is 0. The molecule has 1 atom stereocenters. The van der Waals surface area contributed by atoms with Gasteiger partial charge in [-0.15, -0.1) is 0 Å². The molecule has 1 aromatic carbocycles. The second-order valence-corrected chi connectivity index (χ2v) is 4.65. The molecule has 0 heterocycles. The van der Waals surface area contributed by atoms with Gasteiger partial charge in [0.05, 0.1) is 0 Å². The van der Waals surface area contributed by atoms with Crippen molar-refractivity contribution in [1.82, 2.24) is 0 Å². The molecule has 0 aliphatic heterocycles. The van der Waals surface area contributed by atoms with Crippen molar-refractivity contribution in [3.63, 3.8) is 0 Å². The second-order valence-electron chi connectivity index (χ2n) is 2.44. The van der Waals surface area contributed by atoms with E-state index in [1.807, 2.05) is 0 Å².